The molecule has 5 atom stereocenters. The number of rotatable bonds is 2. The van der Waals surface area contributed by atoms with Crippen LogP contribution in [0.3, 0.4) is 0 Å². The summed E-state index contributed by atoms with van der Waals surface area (Å²) in [5.74, 6) is 2.83. The van der Waals surface area contributed by atoms with E-state index >= 15 is 0 Å². The van der Waals surface area contributed by atoms with Gasteiger partial charge in [0.1, 0.15) is 0 Å². The number of thioether (sulfide) groups is 1. The normalized spacial score (nSPS) is 41.2. The quantitative estimate of drug-likeness (QED) is 0.850. The molecule has 0 aromatic rings. The summed E-state index contributed by atoms with van der Waals surface area (Å²) in [5, 5.41) is 0.637. The van der Waals surface area contributed by atoms with Crippen LogP contribution in [-0.2, 0) is 4.79 Å². The molecule has 1 aliphatic heterocycles. The lowest BCUT2D eigenvalue weighted by atomic mass is 9.84. The molecule has 1 amide bonds. The third-order valence-corrected chi connectivity index (χ3v) is 6.54. The number of nitrogens with zero attached hydrogens (tertiary/aromatic N) is 1. The predicted octanol–water partition coefficient (Wildman–Crippen LogP) is 2.14. The Hall–Kier alpha value is 0.0700. The number of carbonyl (C=O) groups is 1. The Morgan fingerprint density at radius 1 is 1.37 bits per heavy atom. The zero-order valence-electron chi connectivity index (χ0n) is 11.6. The summed E-state index contributed by atoms with van der Waals surface area (Å²) in [4.78, 5) is 14.8. The Balaban J connectivity index is 0.00000133. The van der Waals surface area contributed by atoms with Crippen molar-refractivity contribution in [3.8, 4) is 0 Å². The van der Waals surface area contributed by atoms with E-state index in [0.29, 0.717) is 23.0 Å². The highest BCUT2D eigenvalue weighted by Gasteiger charge is 2.50. The van der Waals surface area contributed by atoms with E-state index in [0.717, 1.165) is 25.3 Å². The minimum atomic E-state index is 0. The molecule has 0 aromatic heterocycles. The highest BCUT2D eigenvalue weighted by molar-refractivity contribution is 8.00. The van der Waals surface area contributed by atoms with Crippen molar-refractivity contribution in [1.29, 1.82) is 0 Å². The Morgan fingerprint density at radius 3 is 2.74 bits per heavy atom. The van der Waals surface area contributed by atoms with Crippen LogP contribution in [0.5, 0.6) is 0 Å². The van der Waals surface area contributed by atoms with Gasteiger partial charge in [-0.2, -0.15) is 11.8 Å². The van der Waals surface area contributed by atoms with Crippen LogP contribution in [0.25, 0.3) is 0 Å². The smallest absolute Gasteiger partial charge is 0.227 e. The number of hydrogen-bond donors (Lipinski definition) is 1. The van der Waals surface area contributed by atoms with Gasteiger partial charge >= 0.3 is 0 Å². The first-order chi connectivity index (χ1) is 8.70. The van der Waals surface area contributed by atoms with E-state index < -0.39 is 0 Å². The summed E-state index contributed by atoms with van der Waals surface area (Å²) in [6.07, 6.45) is 4.85. The van der Waals surface area contributed by atoms with Crippen molar-refractivity contribution in [3.05, 3.63) is 0 Å². The van der Waals surface area contributed by atoms with Gasteiger partial charge in [0, 0.05) is 30.1 Å². The standard InChI is InChI=1S/C14H24N2OS.ClH/c1-2-11-8-16(5-6-18-11)14(17)12-9-3-4-10(7-9)13(12)15;/h9-13H,2-8,15H2,1H3;1H. The molecule has 5 heteroatoms. The minimum Gasteiger partial charge on any atom is -0.340 e. The maximum Gasteiger partial charge on any atom is 0.227 e. The molecule has 0 radical (unpaired) electrons. The van der Waals surface area contributed by atoms with Gasteiger partial charge in [0.05, 0.1) is 5.92 Å². The zero-order chi connectivity index (χ0) is 12.7. The summed E-state index contributed by atoms with van der Waals surface area (Å²) >= 11 is 2.02. The molecule has 1 heterocycles. The lowest BCUT2D eigenvalue weighted by Crippen LogP contribution is -2.50. The van der Waals surface area contributed by atoms with Gasteiger partial charge in [-0.25, -0.2) is 0 Å². The first kappa shape index (κ1) is 15.5. The summed E-state index contributed by atoms with van der Waals surface area (Å²) in [5.41, 5.74) is 6.29. The van der Waals surface area contributed by atoms with Crippen LogP contribution in [0.4, 0.5) is 0 Å². The van der Waals surface area contributed by atoms with E-state index in [2.05, 4.69) is 11.8 Å². The van der Waals surface area contributed by atoms with Gasteiger partial charge in [-0.15, -0.1) is 12.4 Å². The van der Waals surface area contributed by atoms with Crippen molar-refractivity contribution in [3.63, 3.8) is 0 Å². The van der Waals surface area contributed by atoms with Gasteiger partial charge in [-0.3, -0.25) is 4.79 Å². The topological polar surface area (TPSA) is 46.3 Å². The third-order valence-electron chi connectivity index (χ3n) is 5.17. The van der Waals surface area contributed by atoms with Crippen molar-refractivity contribution in [2.24, 2.45) is 23.5 Å². The maximum absolute atomic E-state index is 12.7. The summed E-state index contributed by atoms with van der Waals surface area (Å²) in [6.45, 7) is 4.09. The third kappa shape index (κ3) is 2.77. The molecular formula is C14H25ClN2OS. The molecule has 2 N–H and O–H groups in total. The van der Waals surface area contributed by atoms with Crippen LogP contribution >= 0.6 is 24.2 Å². The Bertz CT molecular complexity index is 339. The van der Waals surface area contributed by atoms with E-state index in [1.54, 1.807) is 0 Å². The lowest BCUT2D eigenvalue weighted by Gasteiger charge is -2.37. The van der Waals surface area contributed by atoms with Crippen molar-refractivity contribution in [2.75, 3.05) is 18.8 Å². The van der Waals surface area contributed by atoms with Crippen molar-refractivity contribution in [1.82, 2.24) is 4.90 Å². The second kappa shape index (κ2) is 6.23. The number of carbonyl (C=O) groups excluding carboxylic acids is 1. The zero-order valence-corrected chi connectivity index (χ0v) is 13.2. The number of halogens is 1. The van der Waals surface area contributed by atoms with Crippen molar-refractivity contribution in [2.45, 2.75) is 43.9 Å². The first-order valence-corrected chi connectivity index (χ1v) is 8.41. The van der Waals surface area contributed by atoms with E-state index in [1.807, 2.05) is 11.8 Å². The summed E-state index contributed by atoms with van der Waals surface area (Å²) in [6, 6.07) is 0.144. The molecule has 3 fully saturated rings. The molecule has 3 aliphatic rings. The van der Waals surface area contributed by atoms with Gasteiger partial charge in [-0.1, -0.05) is 6.92 Å². The number of amides is 1. The number of fused-ring (bicyclic) bond motifs is 2. The lowest BCUT2D eigenvalue weighted by molar-refractivity contribution is -0.137. The molecule has 2 bridgehead atoms. The monoisotopic (exact) mass is 304 g/mol. The highest BCUT2D eigenvalue weighted by atomic mass is 35.5. The molecule has 110 valence electrons. The molecule has 3 nitrogen and oxygen atoms in total. The van der Waals surface area contributed by atoms with Crippen molar-refractivity contribution < 1.29 is 4.79 Å². The summed E-state index contributed by atoms with van der Waals surface area (Å²) in [7, 11) is 0. The molecule has 0 aromatic carbocycles. The van der Waals surface area contributed by atoms with Gasteiger partial charge < -0.3 is 10.6 Å². The van der Waals surface area contributed by atoms with E-state index in [9.17, 15) is 4.79 Å². The molecule has 19 heavy (non-hydrogen) atoms. The first-order valence-electron chi connectivity index (χ1n) is 7.36. The predicted molar refractivity (Wildman–Crippen MR) is 82.7 cm³/mol. The van der Waals surface area contributed by atoms with Crippen LogP contribution in [0.2, 0.25) is 0 Å². The van der Waals surface area contributed by atoms with Gasteiger partial charge in [0.15, 0.2) is 0 Å². The summed E-state index contributed by atoms with van der Waals surface area (Å²) < 4.78 is 0. The van der Waals surface area contributed by atoms with E-state index in [-0.39, 0.29) is 24.4 Å². The number of hydrogen-bond acceptors (Lipinski definition) is 3. The molecule has 3 rings (SSSR count). The van der Waals surface area contributed by atoms with E-state index in [4.69, 9.17) is 5.73 Å². The molecule has 1 saturated heterocycles. The number of nitrogens with two attached hydrogens (primary N) is 1. The Kier molecular flexibility index (Phi) is 5.07. The second-order valence-electron chi connectivity index (χ2n) is 6.12. The molecule has 2 saturated carbocycles. The van der Waals surface area contributed by atoms with Gasteiger partial charge in [0.2, 0.25) is 5.91 Å². The van der Waals surface area contributed by atoms with Crippen LogP contribution in [0.15, 0.2) is 0 Å². The minimum absolute atomic E-state index is 0. The Labute approximate surface area is 126 Å². The fourth-order valence-electron chi connectivity index (χ4n) is 4.08. The fourth-order valence-corrected chi connectivity index (χ4v) is 5.26. The van der Waals surface area contributed by atoms with Crippen LogP contribution < -0.4 is 5.73 Å². The fraction of sp³-hybridized carbons (Fsp3) is 0.929. The molecule has 5 unspecified atom stereocenters. The van der Waals surface area contributed by atoms with E-state index in [1.165, 1.54) is 19.3 Å². The largest absolute Gasteiger partial charge is 0.340 e. The second-order valence-corrected chi connectivity index (χ2v) is 7.53. The van der Waals surface area contributed by atoms with Crippen LogP contribution in [0, 0.1) is 17.8 Å². The molecule has 0 spiro atoms. The average Bonchev–Trinajstić information content (AvgIpc) is 2.99. The van der Waals surface area contributed by atoms with Gasteiger partial charge in [0.25, 0.3) is 0 Å². The molecular weight excluding hydrogens is 280 g/mol. The SMILES string of the molecule is CCC1CN(C(=O)C2C3CCC(C3)C2N)CCS1.Cl. The maximum atomic E-state index is 12.7. The van der Waals surface area contributed by atoms with Crippen molar-refractivity contribution >= 4 is 30.1 Å². The van der Waals surface area contributed by atoms with Gasteiger partial charge in [-0.05, 0) is 37.5 Å². The molecule has 2 aliphatic carbocycles. The highest BCUT2D eigenvalue weighted by Crippen LogP contribution is 2.48. The van der Waals surface area contributed by atoms with Crippen LogP contribution in [-0.4, -0.2) is 40.9 Å². The Morgan fingerprint density at radius 2 is 2.11 bits per heavy atom. The average molecular weight is 305 g/mol. The van der Waals surface area contributed by atoms with Crippen LogP contribution in [0.1, 0.15) is 32.6 Å².